The molecule has 3 heterocycles. The number of hydrogen-bond acceptors (Lipinski definition) is 2. The molecule has 0 bridgehead atoms. The van der Waals surface area contributed by atoms with Gasteiger partial charge in [0.25, 0.3) is 0 Å². The molecule has 0 atom stereocenters. The second-order valence-corrected chi connectivity index (χ2v) is 12.8. The molecule has 0 N–H and O–H groups in total. The van der Waals surface area contributed by atoms with Gasteiger partial charge in [-0.15, -0.1) is 0 Å². The second kappa shape index (κ2) is 12.6. The summed E-state index contributed by atoms with van der Waals surface area (Å²) in [5, 5.41) is 4.76. The fourth-order valence-corrected chi connectivity index (χ4v) is 7.27. The van der Waals surface area contributed by atoms with Crippen LogP contribution >= 0.6 is 0 Å². The molecule has 242 valence electrons. The Hall–Kier alpha value is -6.78. The van der Waals surface area contributed by atoms with Gasteiger partial charge in [0, 0.05) is 39.3 Å². The molecule has 0 saturated carbocycles. The Morgan fingerprint density at radius 3 is 1.94 bits per heavy atom. The lowest BCUT2D eigenvalue weighted by Crippen LogP contribution is -1.99. The van der Waals surface area contributed by atoms with Crippen molar-refractivity contribution in [1.82, 2.24) is 14.1 Å². The molecular weight excluding hydrogens is 621 g/mol. The van der Waals surface area contributed by atoms with Crippen LogP contribution in [0, 0.1) is 0 Å². The molecule has 0 aliphatic rings. The zero-order chi connectivity index (χ0) is 34.3. The summed E-state index contributed by atoms with van der Waals surface area (Å²) >= 11 is 0. The first kappa shape index (κ1) is 30.3. The van der Waals surface area contributed by atoms with Crippen LogP contribution in [0.1, 0.15) is 23.6 Å². The number of rotatable bonds is 7. The average Bonchev–Trinajstić information content (AvgIpc) is 3.72. The lowest BCUT2D eigenvalue weighted by molar-refractivity contribution is 1.09. The quantitative estimate of drug-likeness (QED) is 0.124. The summed E-state index contributed by atoms with van der Waals surface area (Å²) in [6.45, 7) is 6.44. The highest BCUT2D eigenvalue weighted by Crippen LogP contribution is 2.42. The molecule has 0 aliphatic heterocycles. The van der Waals surface area contributed by atoms with Crippen LogP contribution < -0.4 is 0 Å². The van der Waals surface area contributed by atoms with Gasteiger partial charge in [-0.1, -0.05) is 140 Å². The Bertz CT molecular complexity index is 2780. The summed E-state index contributed by atoms with van der Waals surface area (Å²) in [6, 6.07) is 57.2. The molecule has 0 radical (unpaired) electrons. The van der Waals surface area contributed by atoms with Crippen molar-refractivity contribution in [2.24, 2.45) is 4.99 Å². The van der Waals surface area contributed by atoms with Gasteiger partial charge in [-0.3, -0.25) is 9.56 Å². The van der Waals surface area contributed by atoms with E-state index in [1.165, 1.54) is 21.5 Å². The van der Waals surface area contributed by atoms with E-state index in [2.05, 4.69) is 150 Å². The number of benzene rings is 6. The average molecular weight is 655 g/mol. The molecule has 51 heavy (non-hydrogen) atoms. The smallest absolute Gasteiger partial charge is 0.137 e. The van der Waals surface area contributed by atoms with Crippen LogP contribution in [0.3, 0.4) is 0 Å². The van der Waals surface area contributed by atoms with E-state index in [0.717, 1.165) is 67.2 Å². The van der Waals surface area contributed by atoms with Crippen LogP contribution in [0.15, 0.2) is 188 Å². The van der Waals surface area contributed by atoms with Crippen molar-refractivity contribution in [3.8, 4) is 11.5 Å². The van der Waals surface area contributed by atoms with Crippen molar-refractivity contribution < 1.29 is 0 Å². The lowest BCUT2D eigenvalue weighted by Gasteiger charge is -2.11. The maximum Gasteiger partial charge on any atom is 0.137 e. The second-order valence-electron chi connectivity index (χ2n) is 12.8. The number of aliphatic imine (C=N–C) groups is 1. The van der Waals surface area contributed by atoms with E-state index >= 15 is 0 Å². The number of para-hydroxylation sites is 1. The largest absolute Gasteiger partial charge is 0.307 e. The van der Waals surface area contributed by atoms with Gasteiger partial charge in [0.05, 0.1) is 27.8 Å². The standard InChI is InChI=1S/C47H34N4/c1-32(34-15-5-3-6-16-34)31-42(37-18-7-4-8-19-37)49-33(2)35-24-27-38(28-25-35)50-43-22-12-11-21-40(43)46-47(50)41-29-26-36-17-9-10-20-39(36)45(41)51(46)44-23-13-14-30-48-44/h3-31H,1H2,2H3/b42-31-,49-33?. The number of hydrogen-bond donors (Lipinski definition) is 0. The van der Waals surface area contributed by atoms with E-state index in [1.54, 1.807) is 0 Å². The van der Waals surface area contributed by atoms with Gasteiger partial charge in [0.15, 0.2) is 0 Å². The Labute approximate surface area is 296 Å². The minimum absolute atomic E-state index is 0.874. The van der Waals surface area contributed by atoms with E-state index in [4.69, 9.17) is 9.98 Å². The Balaban J connectivity index is 1.21. The predicted molar refractivity (Wildman–Crippen MR) is 215 cm³/mol. The molecule has 0 spiro atoms. The Kier molecular flexibility index (Phi) is 7.48. The number of fused-ring (bicyclic) bond motifs is 7. The summed E-state index contributed by atoms with van der Waals surface area (Å²) in [7, 11) is 0. The molecular formula is C47H34N4. The van der Waals surface area contributed by atoms with Crippen molar-refractivity contribution in [3.63, 3.8) is 0 Å². The molecule has 3 aromatic heterocycles. The van der Waals surface area contributed by atoms with Crippen molar-refractivity contribution in [2.75, 3.05) is 0 Å². The predicted octanol–water partition coefficient (Wildman–Crippen LogP) is 11.8. The van der Waals surface area contributed by atoms with Crippen LogP contribution in [0.2, 0.25) is 0 Å². The maximum atomic E-state index is 5.18. The molecule has 0 saturated heterocycles. The Morgan fingerprint density at radius 1 is 0.549 bits per heavy atom. The first-order valence-corrected chi connectivity index (χ1v) is 17.2. The normalized spacial score (nSPS) is 12.3. The van der Waals surface area contributed by atoms with Gasteiger partial charge < -0.3 is 4.57 Å². The van der Waals surface area contributed by atoms with Gasteiger partial charge in [-0.05, 0) is 65.4 Å². The van der Waals surface area contributed by atoms with Gasteiger partial charge >= 0.3 is 0 Å². The number of allylic oxidation sites excluding steroid dienone is 2. The summed E-state index contributed by atoms with van der Waals surface area (Å²) in [5.41, 5.74) is 11.6. The zero-order valence-electron chi connectivity index (χ0n) is 28.2. The van der Waals surface area contributed by atoms with Gasteiger partial charge in [-0.2, -0.15) is 0 Å². The van der Waals surface area contributed by atoms with E-state index < -0.39 is 0 Å². The van der Waals surface area contributed by atoms with Gasteiger partial charge in [-0.25, -0.2) is 4.98 Å². The molecule has 0 fully saturated rings. The van der Waals surface area contributed by atoms with Crippen LogP contribution in [-0.2, 0) is 0 Å². The summed E-state index contributed by atoms with van der Waals surface area (Å²) in [4.78, 5) is 10.0. The number of aromatic nitrogens is 3. The number of pyridine rings is 1. The van der Waals surface area contributed by atoms with E-state index in [-0.39, 0.29) is 0 Å². The van der Waals surface area contributed by atoms with Crippen molar-refractivity contribution in [2.45, 2.75) is 6.92 Å². The minimum atomic E-state index is 0.874. The SMILES string of the molecule is C=C(/C=C(\N=C(C)c1ccc(-n2c3ccccc3c3c2c2ccc4ccccc4c2n3-c2ccccn2)cc1)c1ccccc1)c1ccccc1. The van der Waals surface area contributed by atoms with Crippen LogP contribution in [0.4, 0.5) is 0 Å². The molecule has 0 amide bonds. The third-order valence-corrected chi connectivity index (χ3v) is 9.69. The molecule has 9 aromatic rings. The van der Waals surface area contributed by atoms with Crippen molar-refractivity contribution in [1.29, 1.82) is 0 Å². The van der Waals surface area contributed by atoms with E-state index in [1.807, 2.05) is 48.7 Å². The zero-order valence-corrected chi connectivity index (χ0v) is 28.2. The summed E-state index contributed by atoms with van der Waals surface area (Å²) < 4.78 is 4.74. The molecule has 4 nitrogen and oxygen atoms in total. The van der Waals surface area contributed by atoms with E-state index in [9.17, 15) is 0 Å². The van der Waals surface area contributed by atoms with Crippen LogP contribution in [-0.4, -0.2) is 19.8 Å². The fraction of sp³-hybridized carbons (Fsp3) is 0.0213. The molecule has 0 unspecified atom stereocenters. The summed E-state index contributed by atoms with van der Waals surface area (Å²) in [5.74, 6) is 0.899. The minimum Gasteiger partial charge on any atom is -0.307 e. The highest BCUT2D eigenvalue weighted by atomic mass is 15.1. The van der Waals surface area contributed by atoms with Crippen molar-refractivity contribution >= 4 is 60.6 Å². The van der Waals surface area contributed by atoms with Crippen LogP contribution in [0.25, 0.3) is 66.4 Å². The third-order valence-electron chi connectivity index (χ3n) is 9.69. The highest BCUT2D eigenvalue weighted by molar-refractivity contribution is 6.24. The molecule has 0 aliphatic carbocycles. The van der Waals surface area contributed by atoms with Crippen molar-refractivity contribution in [3.05, 3.63) is 199 Å². The lowest BCUT2D eigenvalue weighted by atomic mass is 10.0. The Morgan fingerprint density at radius 2 is 1.20 bits per heavy atom. The first-order valence-electron chi connectivity index (χ1n) is 17.2. The van der Waals surface area contributed by atoms with Gasteiger partial charge in [0.1, 0.15) is 5.82 Å². The molecule has 4 heteroatoms. The van der Waals surface area contributed by atoms with Crippen LogP contribution in [0.5, 0.6) is 0 Å². The monoisotopic (exact) mass is 654 g/mol. The topological polar surface area (TPSA) is 35.1 Å². The molecule has 9 rings (SSSR count). The fourth-order valence-electron chi connectivity index (χ4n) is 7.27. The highest BCUT2D eigenvalue weighted by Gasteiger charge is 2.23. The third kappa shape index (κ3) is 5.25. The first-order chi connectivity index (χ1) is 25.2. The number of nitrogens with zero attached hydrogens (tertiary/aromatic N) is 4. The van der Waals surface area contributed by atoms with Gasteiger partial charge in [0.2, 0.25) is 0 Å². The maximum absolute atomic E-state index is 5.18. The van der Waals surface area contributed by atoms with E-state index in [0.29, 0.717) is 0 Å². The summed E-state index contributed by atoms with van der Waals surface area (Å²) in [6.07, 6.45) is 3.95. The molecule has 6 aromatic carbocycles.